The molecule has 0 spiro atoms. The van der Waals surface area contributed by atoms with Gasteiger partial charge in [0.15, 0.2) is 0 Å². The number of hydrogen-bond acceptors (Lipinski definition) is 7. The van der Waals surface area contributed by atoms with Gasteiger partial charge in [-0.05, 0) is 48.5 Å². The summed E-state index contributed by atoms with van der Waals surface area (Å²) in [4.78, 5) is 28.7. The first-order valence-electron chi connectivity index (χ1n) is 11.0. The molecule has 2 heterocycles. The fraction of sp³-hybridized carbons (Fsp3) is 0.333. The molecule has 1 aliphatic rings. The van der Waals surface area contributed by atoms with Crippen LogP contribution < -0.4 is 10.2 Å². The average Bonchev–Trinajstić information content (AvgIpc) is 3.32. The van der Waals surface area contributed by atoms with Crippen molar-refractivity contribution in [3.63, 3.8) is 0 Å². The number of rotatable bonds is 7. The normalized spacial score (nSPS) is 13.9. The number of halogens is 1. The molecule has 3 aromatic rings. The minimum Gasteiger partial charge on any atom is -0.411 e. The SMILES string of the molecule is CC(C)C(=O)N1CCN(c2ccc(NC(=O)CSc3nnc(-c4ccc(Br)cc4)o3)cc2)CC1. The molecule has 2 aromatic carbocycles. The molecular formula is C24H26BrN5O3S. The van der Waals surface area contributed by atoms with Gasteiger partial charge in [-0.1, -0.05) is 41.5 Å². The Morgan fingerprint density at radius 2 is 1.71 bits per heavy atom. The molecule has 0 saturated carbocycles. The summed E-state index contributed by atoms with van der Waals surface area (Å²) in [5, 5.41) is 11.3. The second-order valence-electron chi connectivity index (χ2n) is 8.23. The van der Waals surface area contributed by atoms with Crippen LogP contribution in [0.4, 0.5) is 11.4 Å². The van der Waals surface area contributed by atoms with E-state index in [1.165, 1.54) is 11.8 Å². The highest BCUT2D eigenvalue weighted by Gasteiger charge is 2.23. The molecule has 34 heavy (non-hydrogen) atoms. The Morgan fingerprint density at radius 3 is 2.35 bits per heavy atom. The number of thioether (sulfide) groups is 1. The fourth-order valence-electron chi connectivity index (χ4n) is 3.61. The third-order valence-electron chi connectivity index (χ3n) is 5.43. The first-order valence-corrected chi connectivity index (χ1v) is 12.8. The van der Waals surface area contributed by atoms with Crippen molar-refractivity contribution in [1.82, 2.24) is 15.1 Å². The van der Waals surface area contributed by atoms with Crippen LogP contribution in [0, 0.1) is 5.92 Å². The van der Waals surface area contributed by atoms with Gasteiger partial charge in [-0.3, -0.25) is 9.59 Å². The molecule has 1 aliphatic heterocycles. The number of hydrogen-bond donors (Lipinski definition) is 1. The van der Waals surface area contributed by atoms with E-state index in [4.69, 9.17) is 4.42 Å². The molecule has 10 heteroatoms. The van der Waals surface area contributed by atoms with Crippen LogP contribution in [-0.2, 0) is 9.59 Å². The average molecular weight is 544 g/mol. The van der Waals surface area contributed by atoms with Crippen LogP contribution >= 0.6 is 27.7 Å². The Kier molecular flexibility index (Phi) is 7.89. The number of nitrogens with one attached hydrogen (secondary N) is 1. The van der Waals surface area contributed by atoms with E-state index in [-0.39, 0.29) is 23.5 Å². The first-order chi connectivity index (χ1) is 16.4. The molecule has 4 rings (SSSR count). The lowest BCUT2D eigenvalue weighted by Gasteiger charge is -2.37. The van der Waals surface area contributed by atoms with Gasteiger partial charge in [0, 0.05) is 53.5 Å². The Bertz CT molecular complexity index is 1130. The quantitative estimate of drug-likeness (QED) is 0.437. The molecule has 1 saturated heterocycles. The molecule has 0 unspecified atom stereocenters. The summed E-state index contributed by atoms with van der Waals surface area (Å²) < 4.78 is 6.61. The van der Waals surface area contributed by atoms with E-state index in [1.807, 2.05) is 67.3 Å². The lowest BCUT2D eigenvalue weighted by atomic mass is 10.1. The maximum Gasteiger partial charge on any atom is 0.277 e. The molecule has 2 amide bonds. The smallest absolute Gasteiger partial charge is 0.277 e. The Hall–Kier alpha value is -2.85. The van der Waals surface area contributed by atoms with Gasteiger partial charge >= 0.3 is 0 Å². The van der Waals surface area contributed by atoms with Gasteiger partial charge in [0.25, 0.3) is 5.22 Å². The van der Waals surface area contributed by atoms with E-state index >= 15 is 0 Å². The van der Waals surface area contributed by atoms with Gasteiger partial charge in [-0.25, -0.2) is 0 Å². The molecule has 178 valence electrons. The summed E-state index contributed by atoms with van der Waals surface area (Å²) >= 11 is 4.59. The van der Waals surface area contributed by atoms with Crippen molar-refractivity contribution in [2.24, 2.45) is 5.92 Å². The third-order valence-corrected chi connectivity index (χ3v) is 6.77. The van der Waals surface area contributed by atoms with E-state index in [1.54, 1.807) is 0 Å². The van der Waals surface area contributed by atoms with Crippen LogP contribution in [-0.4, -0.2) is 58.8 Å². The Labute approximate surface area is 211 Å². The van der Waals surface area contributed by atoms with Gasteiger partial charge in [-0.2, -0.15) is 0 Å². The van der Waals surface area contributed by atoms with E-state index in [0.29, 0.717) is 11.1 Å². The topological polar surface area (TPSA) is 91.6 Å². The second-order valence-corrected chi connectivity index (χ2v) is 10.1. The van der Waals surface area contributed by atoms with Crippen molar-refractivity contribution in [3.8, 4) is 11.5 Å². The third kappa shape index (κ3) is 6.18. The highest BCUT2D eigenvalue weighted by molar-refractivity contribution is 9.10. The van der Waals surface area contributed by atoms with Crippen LogP contribution in [0.1, 0.15) is 13.8 Å². The minimum absolute atomic E-state index is 0.0287. The zero-order valence-electron chi connectivity index (χ0n) is 19.0. The highest BCUT2D eigenvalue weighted by Crippen LogP contribution is 2.25. The number of aromatic nitrogens is 2. The number of piperazine rings is 1. The van der Waals surface area contributed by atoms with Gasteiger partial charge in [0.2, 0.25) is 17.7 Å². The van der Waals surface area contributed by atoms with Gasteiger partial charge in [0.05, 0.1) is 5.75 Å². The van der Waals surface area contributed by atoms with E-state index < -0.39 is 0 Å². The molecule has 0 radical (unpaired) electrons. The van der Waals surface area contributed by atoms with Crippen LogP contribution in [0.2, 0.25) is 0 Å². The maximum absolute atomic E-state index is 12.4. The number of carbonyl (C=O) groups excluding carboxylic acids is 2. The van der Waals surface area contributed by atoms with Gasteiger partial charge in [0.1, 0.15) is 0 Å². The van der Waals surface area contributed by atoms with Gasteiger partial charge < -0.3 is 19.5 Å². The van der Waals surface area contributed by atoms with Crippen molar-refractivity contribution in [2.45, 2.75) is 19.1 Å². The van der Waals surface area contributed by atoms with Crippen molar-refractivity contribution < 1.29 is 14.0 Å². The molecule has 8 nitrogen and oxygen atoms in total. The number of nitrogens with zero attached hydrogens (tertiary/aromatic N) is 4. The maximum atomic E-state index is 12.4. The van der Waals surface area contributed by atoms with E-state index in [9.17, 15) is 9.59 Å². The molecular weight excluding hydrogens is 518 g/mol. The molecule has 0 aliphatic carbocycles. The zero-order valence-corrected chi connectivity index (χ0v) is 21.4. The number of amides is 2. The number of benzene rings is 2. The summed E-state index contributed by atoms with van der Waals surface area (Å²) in [7, 11) is 0. The largest absolute Gasteiger partial charge is 0.411 e. The van der Waals surface area contributed by atoms with Crippen LogP contribution in [0.5, 0.6) is 0 Å². The second kappa shape index (κ2) is 11.1. The van der Waals surface area contributed by atoms with Crippen LogP contribution in [0.15, 0.2) is 62.6 Å². The van der Waals surface area contributed by atoms with Gasteiger partial charge in [-0.15, -0.1) is 10.2 Å². The lowest BCUT2D eigenvalue weighted by molar-refractivity contribution is -0.134. The lowest BCUT2D eigenvalue weighted by Crippen LogP contribution is -2.49. The van der Waals surface area contributed by atoms with Crippen LogP contribution in [0.25, 0.3) is 11.5 Å². The summed E-state index contributed by atoms with van der Waals surface area (Å²) in [6.07, 6.45) is 0. The molecule has 1 fully saturated rings. The monoisotopic (exact) mass is 543 g/mol. The first kappa shape index (κ1) is 24.3. The number of carbonyl (C=O) groups is 2. The zero-order chi connectivity index (χ0) is 24.1. The van der Waals surface area contributed by atoms with Crippen molar-refractivity contribution in [1.29, 1.82) is 0 Å². The van der Waals surface area contributed by atoms with Crippen molar-refractivity contribution >= 4 is 50.9 Å². The molecule has 0 atom stereocenters. The highest BCUT2D eigenvalue weighted by atomic mass is 79.9. The van der Waals surface area contributed by atoms with Crippen molar-refractivity contribution in [3.05, 3.63) is 53.0 Å². The summed E-state index contributed by atoms with van der Waals surface area (Å²) in [6, 6.07) is 15.3. The minimum atomic E-state index is -0.151. The Balaban J connectivity index is 1.24. The summed E-state index contributed by atoms with van der Waals surface area (Å²) in [5.74, 6) is 0.666. The molecule has 1 aromatic heterocycles. The summed E-state index contributed by atoms with van der Waals surface area (Å²) in [5.41, 5.74) is 2.62. The predicted octanol–water partition coefficient (Wildman–Crippen LogP) is 4.53. The Morgan fingerprint density at radius 1 is 1.03 bits per heavy atom. The van der Waals surface area contributed by atoms with E-state index in [2.05, 4.69) is 36.3 Å². The summed E-state index contributed by atoms with van der Waals surface area (Å²) in [6.45, 7) is 6.92. The molecule has 1 N–H and O–H groups in total. The number of anilines is 2. The fourth-order valence-corrected chi connectivity index (χ4v) is 4.43. The van der Waals surface area contributed by atoms with Crippen LogP contribution in [0.3, 0.4) is 0 Å². The van der Waals surface area contributed by atoms with Crippen molar-refractivity contribution in [2.75, 3.05) is 42.1 Å². The predicted molar refractivity (Wildman–Crippen MR) is 137 cm³/mol. The standard InChI is InChI=1S/C24H26BrN5O3S/c1-16(2)23(32)30-13-11-29(12-14-30)20-9-7-19(8-10-20)26-21(31)15-34-24-28-27-22(33-24)17-3-5-18(25)6-4-17/h3-10,16H,11-15H2,1-2H3,(H,26,31). The molecule has 0 bridgehead atoms. The van der Waals surface area contributed by atoms with E-state index in [0.717, 1.165) is 47.6 Å².